The van der Waals surface area contributed by atoms with Crippen molar-refractivity contribution >= 4 is 22.8 Å². The number of anilines is 1. The minimum absolute atomic E-state index is 0.139. The van der Waals surface area contributed by atoms with Crippen molar-refractivity contribution in [3.8, 4) is 0 Å². The molecular weight excluding hydrogens is 596 g/mol. The second-order valence-corrected chi connectivity index (χ2v) is 12.0. The molecule has 2 amide bonds. The number of nitrogens with one attached hydrogen (secondary N) is 2. The van der Waals surface area contributed by atoms with Crippen LogP contribution in [0.2, 0.25) is 0 Å². The lowest BCUT2D eigenvalue weighted by Gasteiger charge is -2.37. The lowest BCUT2D eigenvalue weighted by molar-refractivity contribution is 0.0415. The molecule has 0 spiro atoms. The fourth-order valence-corrected chi connectivity index (χ4v) is 6.33. The number of pyridine rings is 1. The lowest BCUT2D eigenvalue weighted by atomic mass is 9.77. The van der Waals surface area contributed by atoms with Gasteiger partial charge in [-0.25, -0.2) is 23.2 Å². The van der Waals surface area contributed by atoms with E-state index in [1.807, 2.05) is 121 Å². The van der Waals surface area contributed by atoms with Crippen LogP contribution in [0.1, 0.15) is 60.0 Å². The van der Waals surface area contributed by atoms with Crippen LogP contribution in [0.4, 0.5) is 19.4 Å². The first-order valence-corrected chi connectivity index (χ1v) is 15.3. The molecular formula is C38H35F2N5O2. The standard InChI is InChI=1S/C38H35F2N5O2/c1-25-32-30(24-31(41-25)42-36(46)43-34(37(2,3)47)26-16-8-4-9-17-26)45(44-33(32)35(39)40)38(27-18-10-5-11-19-27,28-20-12-6-13-21-28)29-22-14-7-15-23-29/h4-24,34-35,47H,1-3H3,(H2,41,42,43,46). The molecule has 0 fully saturated rings. The van der Waals surface area contributed by atoms with E-state index in [2.05, 4.69) is 20.7 Å². The number of carbonyl (C=O) groups is 1. The van der Waals surface area contributed by atoms with Crippen molar-refractivity contribution in [2.45, 2.75) is 44.4 Å². The van der Waals surface area contributed by atoms with E-state index in [0.29, 0.717) is 11.1 Å². The summed E-state index contributed by atoms with van der Waals surface area (Å²) in [6, 6.07) is 38.2. The molecule has 9 heteroatoms. The Hall–Kier alpha value is -5.41. The van der Waals surface area contributed by atoms with Crippen LogP contribution in [-0.4, -0.2) is 31.5 Å². The summed E-state index contributed by atoms with van der Waals surface area (Å²) >= 11 is 0. The molecule has 6 rings (SSSR count). The zero-order valence-electron chi connectivity index (χ0n) is 26.2. The maximum Gasteiger partial charge on any atom is 0.320 e. The van der Waals surface area contributed by atoms with Crippen LogP contribution in [0.5, 0.6) is 0 Å². The van der Waals surface area contributed by atoms with E-state index in [0.717, 1.165) is 16.7 Å². The van der Waals surface area contributed by atoms with Crippen molar-refractivity contribution in [2.24, 2.45) is 0 Å². The highest BCUT2D eigenvalue weighted by Gasteiger charge is 2.42. The lowest BCUT2D eigenvalue weighted by Crippen LogP contribution is -2.44. The largest absolute Gasteiger partial charge is 0.388 e. The molecule has 1 unspecified atom stereocenters. The molecule has 3 N–H and O–H groups in total. The first kappa shape index (κ1) is 31.6. The van der Waals surface area contributed by atoms with E-state index in [1.165, 1.54) is 0 Å². The number of fused-ring (bicyclic) bond motifs is 1. The number of nitrogens with zero attached hydrogens (tertiary/aromatic N) is 3. The van der Waals surface area contributed by atoms with Crippen molar-refractivity contribution in [3.05, 3.63) is 161 Å². The third-order valence-corrected chi connectivity index (χ3v) is 8.33. The summed E-state index contributed by atoms with van der Waals surface area (Å²) in [4.78, 5) is 18.0. The van der Waals surface area contributed by atoms with Gasteiger partial charge in [0.2, 0.25) is 0 Å². The number of amides is 2. The molecule has 47 heavy (non-hydrogen) atoms. The fraction of sp³-hybridized carbons (Fsp3) is 0.184. The Balaban J connectivity index is 1.56. The molecule has 0 aliphatic carbocycles. The third kappa shape index (κ3) is 5.97. The monoisotopic (exact) mass is 631 g/mol. The molecule has 0 aliphatic heterocycles. The van der Waals surface area contributed by atoms with Crippen LogP contribution < -0.4 is 10.6 Å². The normalized spacial score (nSPS) is 12.7. The van der Waals surface area contributed by atoms with Crippen LogP contribution in [0.15, 0.2) is 127 Å². The number of rotatable bonds is 9. The van der Waals surface area contributed by atoms with E-state index < -0.39 is 35.3 Å². The summed E-state index contributed by atoms with van der Waals surface area (Å²) in [5.41, 5.74) is 0.901. The molecule has 2 aromatic heterocycles. The predicted octanol–water partition coefficient (Wildman–Crippen LogP) is 8.15. The number of hydrogen-bond acceptors (Lipinski definition) is 4. The minimum atomic E-state index is -2.89. The number of aryl methyl sites for hydroxylation is 1. The number of carbonyl (C=O) groups excluding carboxylic acids is 1. The summed E-state index contributed by atoms with van der Waals surface area (Å²) in [7, 11) is 0. The molecule has 0 saturated carbocycles. The van der Waals surface area contributed by atoms with Crippen LogP contribution in [0.3, 0.4) is 0 Å². The highest BCUT2D eigenvalue weighted by Crippen LogP contribution is 2.44. The van der Waals surface area contributed by atoms with Gasteiger partial charge in [0.05, 0.1) is 28.2 Å². The maximum atomic E-state index is 14.8. The van der Waals surface area contributed by atoms with Crippen molar-refractivity contribution in [3.63, 3.8) is 0 Å². The molecule has 0 saturated heterocycles. The van der Waals surface area contributed by atoms with Gasteiger partial charge in [-0.1, -0.05) is 121 Å². The van der Waals surface area contributed by atoms with E-state index in [9.17, 15) is 18.7 Å². The number of urea groups is 1. The SMILES string of the molecule is Cc1nc(NC(=O)NC(c2ccccc2)C(C)(C)O)cc2c1c(C(F)F)nn2C(c1ccccc1)(c1ccccc1)c1ccccc1. The summed E-state index contributed by atoms with van der Waals surface area (Å²) < 4.78 is 31.2. The van der Waals surface area contributed by atoms with E-state index in [4.69, 9.17) is 0 Å². The van der Waals surface area contributed by atoms with Crippen LogP contribution in [0, 0.1) is 6.92 Å². The summed E-state index contributed by atoms with van der Waals surface area (Å²) in [6.45, 7) is 4.85. The topological polar surface area (TPSA) is 92.1 Å². The van der Waals surface area contributed by atoms with E-state index >= 15 is 0 Å². The zero-order chi connectivity index (χ0) is 33.2. The number of benzene rings is 4. The Bertz CT molecular complexity index is 1880. The van der Waals surface area contributed by atoms with Gasteiger partial charge < -0.3 is 10.4 Å². The average Bonchev–Trinajstić information content (AvgIpc) is 3.46. The second-order valence-electron chi connectivity index (χ2n) is 12.0. The van der Waals surface area contributed by atoms with Gasteiger partial charge >= 0.3 is 6.03 Å². The molecule has 0 aliphatic rings. The minimum Gasteiger partial charge on any atom is -0.388 e. The highest BCUT2D eigenvalue weighted by molar-refractivity contribution is 5.93. The van der Waals surface area contributed by atoms with Crippen molar-refractivity contribution < 1.29 is 18.7 Å². The summed E-state index contributed by atoms with van der Waals surface area (Å²) in [6.07, 6.45) is -2.89. The molecule has 0 bridgehead atoms. The van der Waals surface area contributed by atoms with Gasteiger partial charge in [-0.05, 0) is 43.0 Å². The predicted molar refractivity (Wildman–Crippen MR) is 179 cm³/mol. The van der Waals surface area contributed by atoms with Crippen molar-refractivity contribution in [1.29, 1.82) is 0 Å². The van der Waals surface area contributed by atoms with Crippen molar-refractivity contribution in [2.75, 3.05) is 5.32 Å². The smallest absolute Gasteiger partial charge is 0.320 e. The van der Waals surface area contributed by atoms with Gasteiger partial charge in [-0.2, -0.15) is 5.10 Å². The Labute approximate surface area is 271 Å². The Morgan fingerprint density at radius 1 is 0.787 bits per heavy atom. The van der Waals surface area contributed by atoms with Gasteiger partial charge in [-0.15, -0.1) is 0 Å². The van der Waals surface area contributed by atoms with Gasteiger partial charge in [0.25, 0.3) is 6.43 Å². The number of hydrogen-bond donors (Lipinski definition) is 3. The highest BCUT2D eigenvalue weighted by atomic mass is 19.3. The van der Waals surface area contributed by atoms with E-state index in [1.54, 1.807) is 31.5 Å². The van der Waals surface area contributed by atoms with E-state index in [-0.39, 0.29) is 16.9 Å². The molecule has 0 radical (unpaired) electrons. The Morgan fingerprint density at radius 3 is 1.70 bits per heavy atom. The number of alkyl halides is 2. The maximum absolute atomic E-state index is 14.8. The van der Waals surface area contributed by atoms with Gasteiger partial charge in [0.15, 0.2) is 0 Å². The first-order valence-electron chi connectivity index (χ1n) is 15.3. The molecule has 1 atom stereocenters. The van der Waals surface area contributed by atoms with Crippen LogP contribution in [-0.2, 0) is 5.54 Å². The second kappa shape index (κ2) is 12.8. The Morgan fingerprint density at radius 2 is 1.26 bits per heavy atom. The molecule has 238 valence electrons. The van der Waals surface area contributed by atoms with Gasteiger partial charge in [0, 0.05) is 6.07 Å². The molecule has 4 aromatic carbocycles. The number of aliphatic hydroxyl groups is 1. The van der Waals surface area contributed by atoms with Crippen LogP contribution in [0.25, 0.3) is 10.9 Å². The van der Waals surface area contributed by atoms with Crippen LogP contribution >= 0.6 is 0 Å². The van der Waals surface area contributed by atoms with Gasteiger partial charge in [0.1, 0.15) is 17.1 Å². The quantitative estimate of drug-likeness (QED) is 0.141. The summed E-state index contributed by atoms with van der Waals surface area (Å²) in [5.74, 6) is 0.139. The fourth-order valence-electron chi connectivity index (χ4n) is 6.33. The van der Waals surface area contributed by atoms with Crippen molar-refractivity contribution in [1.82, 2.24) is 20.1 Å². The summed E-state index contributed by atoms with van der Waals surface area (Å²) in [5, 5.41) is 21.4. The first-order chi connectivity index (χ1) is 22.6. The third-order valence-electron chi connectivity index (χ3n) is 8.33. The Kier molecular flexibility index (Phi) is 8.58. The van der Waals surface area contributed by atoms with Gasteiger partial charge in [-0.3, -0.25) is 5.32 Å². The zero-order valence-corrected chi connectivity index (χ0v) is 26.2. The molecule has 6 aromatic rings. The average molecular weight is 632 g/mol. The molecule has 2 heterocycles. The molecule has 7 nitrogen and oxygen atoms in total. The number of halogens is 2. The number of aromatic nitrogens is 3.